The van der Waals surface area contributed by atoms with E-state index in [0.717, 1.165) is 0 Å². The third-order valence-electron chi connectivity index (χ3n) is 4.27. The van der Waals surface area contributed by atoms with Crippen LogP contribution in [0, 0.1) is 17.0 Å². The Kier molecular flexibility index (Phi) is 5.79. The SMILES string of the molecule is CCN1C(=O)C(=Cc2ccc(C)c([N+](=O)[O-])c2)SC1=Nc1ccc(C(=O)O)cc1. The number of thioether (sulfide) groups is 1. The van der Waals surface area contributed by atoms with Gasteiger partial charge in [-0.25, -0.2) is 9.79 Å². The summed E-state index contributed by atoms with van der Waals surface area (Å²) in [7, 11) is 0. The Morgan fingerprint density at radius 1 is 1.28 bits per heavy atom. The topological polar surface area (TPSA) is 113 Å². The van der Waals surface area contributed by atoms with Crippen molar-refractivity contribution in [1.29, 1.82) is 0 Å². The molecule has 1 amide bonds. The highest BCUT2D eigenvalue weighted by Crippen LogP contribution is 2.34. The molecule has 1 aliphatic heterocycles. The van der Waals surface area contributed by atoms with Gasteiger partial charge in [-0.3, -0.25) is 19.8 Å². The van der Waals surface area contributed by atoms with Gasteiger partial charge in [0.25, 0.3) is 11.6 Å². The first-order valence-electron chi connectivity index (χ1n) is 8.68. The van der Waals surface area contributed by atoms with Gasteiger partial charge in [-0.15, -0.1) is 0 Å². The standard InChI is InChI=1S/C20H17N3O5S/c1-3-22-18(24)17(11-13-5-4-12(2)16(10-13)23(27)28)29-20(22)21-15-8-6-14(7-9-15)19(25)26/h4-11H,3H2,1-2H3,(H,25,26). The van der Waals surface area contributed by atoms with Crippen LogP contribution in [0.15, 0.2) is 52.4 Å². The van der Waals surface area contributed by atoms with Gasteiger partial charge in [0, 0.05) is 18.2 Å². The fourth-order valence-corrected chi connectivity index (χ4v) is 3.79. The van der Waals surface area contributed by atoms with Gasteiger partial charge in [0.2, 0.25) is 0 Å². The maximum atomic E-state index is 12.7. The molecule has 0 saturated carbocycles. The van der Waals surface area contributed by atoms with Gasteiger partial charge in [0.05, 0.1) is 21.1 Å². The minimum absolute atomic E-state index is 0.00504. The first-order chi connectivity index (χ1) is 13.8. The first kappa shape index (κ1) is 20.3. The molecule has 29 heavy (non-hydrogen) atoms. The second-order valence-electron chi connectivity index (χ2n) is 6.21. The molecule has 0 spiro atoms. The van der Waals surface area contributed by atoms with Crippen molar-refractivity contribution in [1.82, 2.24) is 4.90 Å². The molecule has 0 aromatic heterocycles. The third kappa shape index (κ3) is 4.35. The molecule has 1 heterocycles. The summed E-state index contributed by atoms with van der Waals surface area (Å²) < 4.78 is 0. The molecule has 1 saturated heterocycles. The Balaban J connectivity index is 1.92. The van der Waals surface area contributed by atoms with Crippen molar-refractivity contribution in [3.8, 4) is 0 Å². The van der Waals surface area contributed by atoms with E-state index in [1.807, 2.05) is 6.92 Å². The second-order valence-corrected chi connectivity index (χ2v) is 7.22. The van der Waals surface area contributed by atoms with Crippen LogP contribution < -0.4 is 0 Å². The van der Waals surface area contributed by atoms with Crippen LogP contribution in [0.4, 0.5) is 11.4 Å². The Morgan fingerprint density at radius 2 is 1.97 bits per heavy atom. The van der Waals surface area contributed by atoms with Crippen molar-refractivity contribution < 1.29 is 19.6 Å². The van der Waals surface area contributed by atoms with Crippen molar-refractivity contribution in [3.63, 3.8) is 0 Å². The summed E-state index contributed by atoms with van der Waals surface area (Å²) in [4.78, 5) is 40.7. The van der Waals surface area contributed by atoms with Gasteiger partial charge in [-0.2, -0.15) is 0 Å². The number of amidine groups is 1. The summed E-state index contributed by atoms with van der Waals surface area (Å²) in [5, 5.41) is 20.6. The Morgan fingerprint density at radius 3 is 2.55 bits per heavy atom. The number of likely N-dealkylation sites (N-methyl/N-ethyl adjacent to an activating group) is 1. The maximum Gasteiger partial charge on any atom is 0.335 e. The quantitative estimate of drug-likeness (QED) is 0.448. The lowest BCUT2D eigenvalue weighted by atomic mass is 10.1. The number of benzene rings is 2. The Hall–Kier alpha value is -3.46. The number of nitro benzene ring substituents is 1. The van der Waals surface area contributed by atoms with Gasteiger partial charge >= 0.3 is 5.97 Å². The molecule has 1 fully saturated rings. The Labute approximate surface area is 170 Å². The molecule has 148 valence electrons. The number of aliphatic imine (C=N–C) groups is 1. The number of amides is 1. The fourth-order valence-electron chi connectivity index (χ4n) is 2.72. The number of rotatable bonds is 5. The number of carbonyl (C=O) groups excluding carboxylic acids is 1. The molecule has 0 bridgehead atoms. The molecule has 0 aliphatic carbocycles. The monoisotopic (exact) mass is 411 g/mol. The van der Waals surface area contributed by atoms with Crippen LogP contribution in [-0.4, -0.2) is 38.5 Å². The molecule has 0 unspecified atom stereocenters. The van der Waals surface area contributed by atoms with Crippen LogP contribution in [0.25, 0.3) is 6.08 Å². The van der Waals surface area contributed by atoms with E-state index in [0.29, 0.717) is 33.4 Å². The number of carbonyl (C=O) groups is 2. The molecular formula is C20H17N3O5S. The zero-order chi connectivity index (χ0) is 21.1. The largest absolute Gasteiger partial charge is 0.478 e. The molecule has 8 nitrogen and oxygen atoms in total. The average molecular weight is 411 g/mol. The molecule has 2 aromatic carbocycles. The molecule has 0 radical (unpaired) electrons. The minimum Gasteiger partial charge on any atom is -0.478 e. The van der Waals surface area contributed by atoms with E-state index in [9.17, 15) is 19.7 Å². The second kappa shape index (κ2) is 8.27. The van der Waals surface area contributed by atoms with Crippen LogP contribution in [-0.2, 0) is 4.79 Å². The number of carboxylic acid groups (broad SMARTS) is 1. The van der Waals surface area contributed by atoms with E-state index in [4.69, 9.17) is 5.11 Å². The van der Waals surface area contributed by atoms with Gasteiger partial charge in [-0.1, -0.05) is 12.1 Å². The number of carboxylic acids is 1. The summed E-state index contributed by atoms with van der Waals surface area (Å²) in [6.07, 6.45) is 1.61. The predicted molar refractivity (Wildman–Crippen MR) is 111 cm³/mol. The number of aryl methyl sites for hydroxylation is 1. The number of hydrogen-bond acceptors (Lipinski definition) is 6. The third-order valence-corrected chi connectivity index (χ3v) is 5.28. The van der Waals surface area contributed by atoms with Crippen LogP contribution in [0.2, 0.25) is 0 Å². The van der Waals surface area contributed by atoms with Crippen molar-refractivity contribution in [2.75, 3.05) is 6.54 Å². The summed E-state index contributed by atoms with van der Waals surface area (Å²) in [5.41, 5.74) is 1.77. The van der Waals surface area contributed by atoms with E-state index >= 15 is 0 Å². The molecule has 1 aliphatic rings. The summed E-state index contributed by atoms with van der Waals surface area (Å²) in [6, 6.07) is 10.8. The normalized spacial score (nSPS) is 16.6. The van der Waals surface area contributed by atoms with Crippen LogP contribution in [0.3, 0.4) is 0 Å². The van der Waals surface area contributed by atoms with Gasteiger partial charge in [0.1, 0.15) is 0 Å². The molecule has 3 rings (SSSR count). The summed E-state index contributed by atoms with van der Waals surface area (Å²) >= 11 is 1.17. The highest BCUT2D eigenvalue weighted by Gasteiger charge is 2.32. The van der Waals surface area contributed by atoms with Gasteiger partial charge < -0.3 is 5.11 Å². The van der Waals surface area contributed by atoms with Crippen LogP contribution in [0.5, 0.6) is 0 Å². The smallest absolute Gasteiger partial charge is 0.335 e. The highest BCUT2D eigenvalue weighted by atomic mass is 32.2. The minimum atomic E-state index is -1.03. The summed E-state index contributed by atoms with van der Waals surface area (Å²) in [5.74, 6) is -1.26. The Bertz CT molecular complexity index is 1060. The molecular weight excluding hydrogens is 394 g/mol. The first-order valence-corrected chi connectivity index (χ1v) is 9.50. The van der Waals surface area contributed by atoms with Crippen LogP contribution in [0.1, 0.15) is 28.4 Å². The average Bonchev–Trinajstić information content (AvgIpc) is 2.97. The highest BCUT2D eigenvalue weighted by molar-refractivity contribution is 8.18. The van der Waals surface area contributed by atoms with Crippen molar-refractivity contribution >= 4 is 46.3 Å². The fraction of sp³-hybridized carbons (Fsp3) is 0.150. The van der Waals surface area contributed by atoms with Crippen LogP contribution >= 0.6 is 11.8 Å². The maximum absolute atomic E-state index is 12.7. The van der Waals surface area contributed by atoms with Crippen molar-refractivity contribution in [2.24, 2.45) is 4.99 Å². The number of nitro groups is 1. The zero-order valence-corrected chi connectivity index (χ0v) is 16.5. The number of nitrogens with zero attached hydrogens (tertiary/aromatic N) is 3. The molecule has 1 N–H and O–H groups in total. The molecule has 0 atom stereocenters. The molecule has 2 aromatic rings. The van der Waals surface area contributed by atoms with Crippen molar-refractivity contribution in [2.45, 2.75) is 13.8 Å². The van der Waals surface area contributed by atoms with E-state index < -0.39 is 10.9 Å². The lowest BCUT2D eigenvalue weighted by Gasteiger charge is -2.12. The van der Waals surface area contributed by atoms with Gasteiger partial charge in [-0.05, 0) is 61.5 Å². The van der Waals surface area contributed by atoms with E-state index in [2.05, 4.69) is 4.99 Å². The van der Waals surface area contributed by atoms with E-state index in [1.165, 1.54) is 34.9 Å². The zero-order valence-electron chi connectivity index (χ0n) is 15.7. The predicted octanol–water partition coefficient (Wildman–Crippen LogP) is 4.23. The van der Waals surface area contributed by atoms with E-state index in [-0.39, 0.29) is 17.2 Å². The summed E-state index contributed by atoms with van der Waals surface area (Å²) in [6.45, 7) is 3.88. The lowest BCUT2D eigenvalue weighted by Crippen LogP contribution is -2.28. The van der Waals surface area contributed by atoms with E-state index in [1.54, 1.807) is 37.3 Å². The lowest BCUT2D eigenvalue weighted by molar-refractivity contribution is -0.385. The van der Waals surface area contributed by atoms with Gasteiger partial charge in [0.15, 0.2) is 5.17 Å². The number of aromatic carboxylic acids is 1. The molecule has 9 heteroatoms. The number of hydrogen-bond donors (Lipinski definition) is 1. The van der Waals surface area contributed by atoms with Crippen molar-refractivity contribution in [3.05, 3.63) is 74.2 Å².